The fraction of sp³-hybridized carbons (Fsp3) is 0.500. The van der Waals surface area contributed by atoms with Crippen LogP contribution in [0.1, 0.15) is 11.4 Å². The summed E-state index contributed by atoms with van der Waals surface area (Å²) in [6.07, 6.45) is 0. The van der Waals surface area contributed by atoms with Crippen molar-refractivity contribution in [3.8, 4) is 0 Å². The number of pyridine rings is 1. The number of rotatable bonds is 3. The number of anilines is 1. The van der Waals surface area contributed by atoms with Crippen molar-refractivity contribution >= 4 is 5.69 Å². The molecule has 0 amide bonds. The fourth-order valence-corrected chi connectivity index (χ4v) is 1.31. The van der Waals surface area contributed by atoms with Crippen LogP contribution < -0.4 is 4.90 Å². The molecule has 0 unspecified atom stereocenters. The number of aliphatic hydroxyl groups excluding tert-OH is 1. The van der Waals surface area contributed by atoms with Crippen molar-refractivity contribution in [2.45, 2.75) is 13.8 Å². The molecule has 0 spiro atoms. The Balaban J connectivity index is 2.87. The monoisotopic (exact) mass is 180 g/mol. The molecule has 13 heavy (non-hydrogen) atoms. The van der Waals surface area contributed by atoms with Crippen LogP contribution >= 0.6 is 0 Å². The number of aryl methyl sites for hydroxylation is 2. The highest BCUT2D eigenvalue weighted by molar-refractivity contribution is 5.47. The van der Waals surface area contributed by atoms with Gasteiger partial charge in [-0.25, -0.2) is 0 Å². The Morgan fingerprint density at radius 2 is 1.85 bits per heavy atom. The lowest BCUT2D eigenvalue weighted by Crippen LogP contribution is -2.21. The van der Waals surface area contributed by atoms with Gasteiger partial charge in [-0.15, -0.1) is 0 Å². The molecule has 0 fully saturated rings. The molecule has 0 bridgehead atoms. The van der Waals surface area contributed by atoms with Crippen molar-refractivity contribution in [2.75, 3.05) is 25.1 Å². The van der Waals surface area contributed by atoms with Crippen molar-refractivity contribution in [3.63, 3.8) is 0 Å². The van der Waals surface area contributed by atoms with Crippen LogP contribution in [0.5, 0.6) is 0 Å². The zero-order valence-corrected chi connectivity index (χ0v) is 8.41. The Hall–Kier alpha value is -1.09. The molecule has 0 saturated heterocycles. The second kappa shape index (κ2) is 4.23. The highest BCUT2D eigenvalue weighted by atomic mass is 16.3. The molecule has 0 saturated carbocycles. The highest BCUT2D eigenvalue weighted by Crippen LogP contribution is 2.14. The van der Waals surface area contributed by atoms with Crippen LogP contribution in [-0.4, -0.2) is 30.3 Å². The van der Waals surface area contributed by atoms with E-state index in [0.717, 1.165) is 17.1 Å². The molecule has 0 atom stereocenters. The van der Waals surface area contributed by atoms with E-state index in [1.807, 2.05) is 37.9 Å². The Bertz CT molecular complexity index is 266. The molecule has 72 valence electrons. The lowest BCUT2D eigenvalue weighted by molar-refractivity contribution is 0.304. The summed E-state index contributed by atoms with van der Waals surface area (Å²) in [5.74, 6) is 0. The predicted octanol–water partition coefficient (Wildman–Crippen LogP) is 1.13. The van der Waals surface area contributed by atoms with E-state index >= 15 is 0 Å². The third kappa shape index (κ3) is 2.70. The van der Waals surface area contributed by atoms with Crippen LogP contribution in [0.3, 0.4) is 0 Å². The molecular weight excluding hydrogens is 164 g/mol. The summed E-state index contributed by atoms with van der Waals surface area (Å²) in [6.45, 7) is 4.78. The van der Waals surface area contributed by atoms with Gasteiger partial charge in [-0.05, 0) is 26.0 Å². The first-order valence-electron chi connectivity index (χ1n) is 4.41. The normalized spacial score (nSPS) is 10.2. The molecule has 3 nitrogen and oxygen atoms in total. The summed E-state index contributed by atoms with van der Waals surface area (Å²) in [7, 11) is 1.96. The molecule has 0 aliphatic heterocycles. The number of hydrogen-bond acceptors (Lipinski definition) is 3. The summed E-state index contributed by atoms with van der Waals surface area (Å²) in [5, 5.41) is 8.78. The van der Waals surface area contributed by atoms with E-state index in [0.29, 0.717) is 6.54 Å². The second-order valence-corrected chi connectivity index (χ2v) is 3.25. The first-order valence-corrected chi connectivity index (χ1v) is 4.41. The Morgan fingerprint density at radius 3 is 2.31 bits per heavy atom. The number of nitrogens with zero attached hydrogens (tertiary/aromatic N) is 2. The molecule has 3 heteroatoms. The Morgan fingerprint density at radius 1 is 1.31 bits per heavy atom. The average molecular weight is 180 g/mol. The Kier molecular flexibility index (Phi) is 3.25. The van der Waals surface area contributed by atoms with Gasteiger partial charge in [-0.1, -0.05) is 0 Å². The average Bonchev–Trinajstić information content (AvgIpc) is 2.03. The summed E-state index contributed by atoms with van der Waals surface area (Å²) in [6, 6.07) is 4.03. The van der Waals surface area contributed by atoms with Crippen molar-refractivity contribution in [1.29, 1.82) is 0 Å². The third-order valence-electron chi connectivity index (χ3n) is 1.94. The molecular formula is C10H16N2O. The Labute approximate surface area is 79.0 Å². The molecule has 1 heterocycles. The largest absolute Gasteiger partial charge is 0.395 e. The molecule has 1 aromatic heterocycles. The molecule has 1 aromatic rings. The van der Waals surface area contributed by atoms with E-state index in [4.69, 9.17) is 5.11 Å². The van der Waals surface area contributed by atoms with Gasteiger partial charge in [0.25, 0.3) is 0 Å². The SMILES string of the molecule is Cc1cc(N(C)CCO)cc(C)n1. The molecule has 0 aliphatic rings. The van der Waals surface area contributed by atoms with Gasteiger partial charge in [0.1, 0.15) is 0 Å². The maximum atomic E-state index is 8.78. The van der Waals surface area contributed by atoms with Gasteiger partial charge in [-0.3, -0.25) is 4.98 Å². The van der Waals surface area contributed by atoms with Crippen LogP contribution in [0.25, 0.3) is 0 Å². The number of aliphatic hydroxyl groups is 1. The van der Waals surface area contributed by atoms with Gasteiger partial charge in [0, 0.05) is 30.7 Å². The maximum Gasteiger partial charge on any atom is 0.0606 e. The van der Waals surface area contributed by atoms with Gasteiger partial charge in [-0.2, -0.15) is 0 Å². The minimum atomic E-state index is 0.177. The van der Waals surface area contributed by atoms with Crippen molar-refractivity contribution < 1.29 is 5.11 Å². The number of hydrogen-bond donors (Lipinski definition) is 1. The zero-order valence-electron chi connectivity index (χ0n) is 8.41. The van der Waals surface area contributed by atoms with Gasteiger partial charge < -0.3 is 10.0 Å². The molecule has 1 rings (SSSR count). The predicted molar refractivity (Wildman–Crippen MR) is 54.1 cm³/mol. The lowest BCUT2D eigenvalue weighted by Gasteiger charge is -2.18. The fourth-order valence-electron chi connectivity index (χ4n) is 1.31. The van der Waals surface area contributed by atoms with E-state index in [9.17, 15) is 0 Å². The van der Waals surface area contributed by atoms with Gasteiger partial charge in [0.05, 0.1) is 6.61 Å². The van der Waals surface area contributed by atoms with Crippen molar-refractivity contribution in [1.82, 2.24) is 4.98 Å². The summed E-state index contributed by atoms with van der Waals surface area (Å²) < 4.78 is 0. The van der Waals surface area contributed by atoms with E-state index in [-0.39, 0.29) is 6.61 Å². The highest BCUT2D eigenvalue weighted by Gasteiger charge is 2.01. The van der Waals surface area contributed by atoms with Crippen LogP contribution in [0.15, 0.2) is 12.1 Å². The van der Waals surface area contributed by atoms with E-state index in [1.165, 1.54) is 0 Å². The minimum absolute atomic E-state index is 0.177. The number of aromatic nitrogens is 1. The van der Waals surface area contributed by atoms with Crippen LogP contribution in [-0.2, 0) is 0 Å². The smallest absolute Gasteiger partial charge is 0.0606 e. The maximum absolute atomic E-state index is 8.78. The number of likely N-dealkylation sites (N-methyl/N-ethyl adjacent to an activating group) is 1. The van der Waals surface area contributed by atoms with Crippen molar-refractivity contribution in [3.05, 3.63) is 23.5 Å². The first kappa shape index (κ1) is 9.99. The van der Waals surface area contributed by atoms with Crippen molar-refractivity contribution in [2.24, 2.45) is 0 Å². The van der Waals surface area contributed by atoms with Crippen LogP contribution in [0, 0.1) is 13.8 Å². The van der Waals surface area contributed by atoms with E-state index in [2.05, 4.69) is 4.98 Å². The van der Waals surface area contributed by atoms with Crippen LogP contribution in [0.2, 0.25) is 0 Å². The van der Waals surface area contributed by atoms with Gasteiger partial charge in [0.15, 0.2) is 0 Å². The standard InChI is InChI=1S/C10H16N2O/c1-8-6-10(7-9(2)11-8)12(3)4-5-13/h6-7,13H,4-5H2,1-3H3. The molecule has 0 aromatic carbocycles. The van der Waals surface area contributed by atoms with Crippen LogP contribution in [0.4, 0.5) is 5.69 Å². The van der Waals surface area contributed by atoms with E-state index in [1.54, 1.807) is 0 Å². The first-order chi connectivity index (χ1) is 6.13. The summed E-state index contributed by atoms with van der Waals surface area (Å²) in [4.78, 5) is 6.30. The minimum Gasteiger partial charge on any atom is -0.395 e. The van der Waals surface area contributed by atoms with Gasteiger partial charge >= 0.3 is 0 Å². The summed E-state index contributed by atoms with van der Waals surface area (Å²) >= 11 is 0. The molecule has 0 aliphatic carbocycles. The molecule has 0 radical (unpaired) electrons. The van der Waals surface area contributed by atoms with E-state index < -0.39 is 0 Å². The topological polar surface area (TPSA) is 36.4 Å². The lowest BCUT2D eigenvalue weighted by atomic mass is 10.2. The summed E-state index contributed by atoms with van der Waals surface area (Å²) in [5.41, 5.74) is 3.14. The third-order valence-corrected chi connectivity index (χ3v) is 1.94. The quantitative estimate of drug-likeness (QED) is 0.757. The molecule has 1 N–H and O–H groups in total. The van der Waals surface area contributed by atoms with Gasteiger partial charge in [0.2, 0.25) is 0 Å². The second-order valence-electron chi connectivity index (χ2n) is 3.25. The zero-order chi connectivity index (χ0) is 9.84.